The summed E-state index contributed by atoms with van der Waals surface area (Å²) in [5, 5.41) is 1.59. The number of hydrogen-bond acceptors (Lipinski definition) is 1. The van der Waals surface area contributed by atoms with Crippen molar-refractivity contribution in [2.45, 2.75) is 43.8 Å². The molecule has 4 heteroatoms. The van der Waals surface area contributed by atoms with Gasteiger partial charge in [-0.3, -0.25) is 0 Å². The van der Waals surface area contributed by atoms with Crippen LogP contribution in [0.5, 0.6) is 0 Å². The first-order valence-electron chi connectivity index (χ1n) is 6.63. The van der Waals surface area contributed by atoms with Crippen LogP contribution in [0.3, 0.4) is 0 Å². The fourth-order valence-corrected chi connectivity index (χ4v) is 4.74. The molecule has 2 rings (SSSR count). The minimum absolute atomic E-state index is 0.114. The summed E-state index contributed by atoms with van der Waals surface area (Å²) >= 11 is 7.22. The smallest absolute Gasteiger partial charge is 0.123 e. The Bertz CT molecular complexity index is 420. The van der Waals surface area contributed by atoms with Crippen LogP contribution in [0.1, 0.15) is 31.7 Å². The SMILES string of the molecule is CC1CCC(CC(CBr)(CBr)c2cccc(F)c2)O1. The topological polar surface area (TPSA) is 9.23 Å². The average Bonchev–Trinajstić information content (AvgIpc) is 2.81. The Morgan fingerprint density at radius 3 is 2.58 bits per heavy atom. The second-order valence-electron chi connectivity index (χ2n) is 5.41. The molecule has 0 aliphatic carbocycles. The number of benzene rings is 1. The summed E-state index contributed by atoms with van der Waals surface area (Å²) < 4.78 is 19.4. The van der Waals surface area contributed by atoms with Crippen molar-refractivity contribution in [1.82, 2.24) is 0 Å². The second-order valence-corrected chi connectivity index (χ2v) is 6.53. The van der Waals surface area contributed by atoms with Crippen molar-refractivity contribution >= 4 is 31.9 Å². The van der Waals surface area contributed by atoms with Gasteiger partial charge < -0.3 is 4.74 Å². The minimum Gasteiger partial charge on any atom is -0.375 e. The normalized spacial score (nSPS) is 23.8. The van der Waals surface area contributed by atoms with Crippen molar-refractivity contribution < 1.29 is 9.13 Å². The molecule has 1 aliphatic rings. The van der Waals surface area contributed by atoms with E-state index in [0.29, 0.717) is 6.10 Å². The van der Waals surface area contributed by atoms with Crippen LogP contribution in [-0.2, 0) is 10.2 Å². The zero-order valence-corrected chi connectivity index (χ0v) is 14.2. The van der Waals surface area contributed by atoms with Crippen LogP contribution >= 0.6 is 31.9 Å². The molecule has 2 atom stereocenters. The van der Waals surface area contributed by atoms with Gasteiger partial charge in [-0.15, -0.1) is 0 Å². The van der Waals surface area contributed by atoms with Gasteiger partial charge in [-0.2, -0.15) is 0 Å². The van der Waals surface area contributed by atoms with Gasteiger partial charge in [-0.1, -0.05) is 44.0 Å². The summed E-state index contributed by atoms with van der Waals surface area (Å²) in [7, 11) is 0. The summed E-state index contributed by atoms with van der Waals surface area (Å²) in [6, 6.07) is 6.92. The first-order valence-corrected chi connectivity index (χ1v) is 8.87. The van der Waals surface area contributed by atoms with E-state index in [1.165, 1.54) is 6.07 Å². The predicted octanol–water partition coefficient (Wildman–Crippen LogP) is 4.81. The zero-order valence-electron chi connectivity index (χ0n) is 11.0. The average molecular weight is 394 g/mol. The first kappa shape index (κ1) is 15.5. The molecule has 0 bridgehead atoms. The van der Waals surface area contributed by atoms with Crippen LogP contribution in [-0.4, -0.2) is 22.9 Å². The number of halogens is 3. The molecule has 2 unspecified atom stereocenters. The molecule has 1 aliphatic heterocycles. The minimum atomic E-state index is -0.176. The number of alkyl halides is 2. The van der Waals surface area contributed by atoms with E-state index < -0.39 is 0 Å². The Labute approximate surface area is 131 Å². The standard InChI is InChI=1S/C15H19Br2FO/c1-11-5-6-14(19-11)8-15(9-16,10-17)12-3-2-4-13(18)7-12/h2-4,7,11,14H,5-6,8-10H2,1H3. The van der Waals surface area contributed by atoms with Crippen molar-refractivity contribution in [2.24, 2.45) is 0 Å². The summed E-state index contributed by atoms with van der Waals surface area (Å²) in [5.41, 5.74) is 0.918. The Morgan fingerprint density at radius 1 is 1.32 bits per heavy atom. The van der Waals surface area contributed by atoms with E-state index in [2.05, 4.69) is 38.8 Å². The van der Waals surface area contributed by atoms with Crippen LogP contribution in [0, 0.1) is 5.82 Å². The van der Waals surface area contributed by atoms with E-state index in [1.54, 1.807) is 12.1 Å². The van der Waals surface area contributed by atoms with Crippen LogP contribution in [0.15, 0.2) is 24.3 Å². The lowest BCUT2D eigenvalue weighted by Crippen LogP contribution is -2.35. The van der Waals surface area contributed by atoms with Crippen molar-refractivity contribution in [3.05, 3.63) is 35.6 Å². The van der Waals surface area contributed by atoms with Gasteiger partial charge in [0.2, 0.25) is 0 Å². The second kappa shape index (κ2) is 6.68. The van der Waals surface area contributed by atoms with E-state index in [0.717, 1.165) is 35.5 Å². The molecular formula is C15H19Br2FO. The van der Waals surface area contributed by atoms with E-state index in [9.17, 15) is 4.39 Å². The largest absolute Gasteiger partial charge is 0.375 e. The van der Waals surface area contributed by atoms with Crippen LogP contribution in [0.2, 0.25) is 0 Å². The number of hydrogen-bond donors (Lipinski definition) is 0. The number of rotatable bonds is 5. The van der Waals surface area contributed by atoms with Gasteiger partial charge in [0.15, 0.2) is 0 Å². The molecule has 1 fully saturated rings. The zero-order chi connectivity index (χ0) is 13.9. The molecule has 0 spiro atoms. The monoisotopic (exact) mass is 392 g/mol. The Hall–Kier alpha value is 0.0700. The summed E-state index contributed by atoms with van der Waals surface area (Å²) in [5.74, 6) is -0.176. The molecular weight excluding hydrogens is 375 g/mol. The van der Waals surface area contributed by atoms with Gasteiger partial charge in [0.05, 0.1) is 12.2 Å². The van der Waals surface area contributed by atoms with Crippen molar-refractivity contribution in [1.29, 1.82) is 0 Å². The van der Waals surface area contributed by atoms with E-state index in [4.69, 9.17) is 4.74 Å². The third-order valence-corrected chi connectivity index (χ3v) is 6.03. The molecule has 0 radical (unpaired) electrons. The van der Waals surface area contributed by atoms with Crippen LogP contribution in [0.25, 0.3) is 0 Å². The molecule has 1 heterocycles. The maximum Gasteiger partial charge on any atom is 0.123 e. The van der Waals surface area contributed by atoms with E-state index in [1.807, 2.05) is 6.07 Å². The Kier molecular flexibility index (Phi) is 5.44. The highest BCUT2D eigenvalue weighted by molar-refractivity contribution is 9.09. The van der Waals surface area contributed by atoms with Gasteiger partial charge in [0.1, 0.15) is 5.82 Å². The summed E-state index contributed by atoms with van der Waals surface area (Å²) in [4.78, 5) is 0. The first-order chi connectivity index (χ1) is 9.09. The fraction of sp³-hybridized carbons (Fsp3) is 0.600. The summed E-state index contributed by atoms with van der Waals surface area (Å²) in [6.45, 7) is 2.12. The fourth-order valence-electron chi connectivity index (χ4n) is 2.71. The lowest BCUT2D eigenvalue weighted by atomic mass is 9.79. The third-order valence-electron chi connectivity index (χ3n) is 3.89. The molecule has 1 aromatic rings. The van der Waals surface area contributed by atoms with Gasteiger partial charge >= 0.3 is 0 Å². The van der Waals surface area contributed by atoms with Gasteiger partial charge in [-0.05, 0) is 43.9 Å². The van der Waals surface area contributed by atoms with E-state index in [-0.39, 0.29) is 17.3 Å². The highest BCUT2D eigenvalue weighted by atomic mass is 79.9. The quantitative estimate of drug-likeness (QED) is 0.652. The molecule has 1 nitrogen and oxygen atoms in total. The Balaban J connectivity index is 2.21. The highest BCUT2D eigenvalue weighted by Crippen LogP contribution is 2.37. The lowest BCUT2D eigenvalue weighted by molar-refractivity contribution is 0.0405. The predicted molar refractivity (Wildman–Crippen MR) is 83.9 cm³/mol. The molecule has 106 valence electrons. The third kappa shape index (κ3) is 3.59. The lowest BCUT2D eigenvalue weighted by Gasteiger charge is -2.33. The van der Waals surface area contributed by atoms with Crippen molar-refractivity contribution in [3.63, 3.8) is 0 Å². The molecule has 0 amide bonds. The van der Waals surface area contributed by atoms with Gasteiger partial charge in [0, 0.05) is 16.1 Å². The maximum absolute atomic E-state index is 13.5. The van der Waals surface area contributed by atoms with Crippen molar-refractivity contribution in [3.8, 4) is 0 Å². The number of ether oxygens (including phenoxy) is 1. The van der Waals surface area contributed by atoms with Crippen LogP contribution in [0.4, 0.5) is 4.39 Å². The molecule has 0 aromatic heterocycles. The van der Waals surface area contributed by atoms with E-state index >= 15 is 0 Å². The highest BCUT2D eigenvalue weighted by Gasteiger charge is 2.36. The molecule has 1 aromatic carbocycles. The molecule has 0 N–H and O–H groups in total. The van der Waals surface area contributed by atoms with Crippen molar-refractivity contribution in [2.75, 3.05) is 10.7 Å². The maximum atomic E-state index is 13.5. The van der Waals surface area contributed by atoms with Gasteiger partial charge in [0.25, 0.3) is 0 Å². The molecule has 1 saturated heterocycles. The molecule has 0 saturated carbocycles. The summed E-state index contributed by atoms with van der Waals surface area (Å²) in [6.07, 6.45) is 3.75. The Morgan fingerprint density at radius 2 is 2.05 bits per heavy atom. The van der Waals surface area contributed by atoms with Gasteiger partial charge in [-0.25, -0.2) is 4.39 Å². The molecule has 19 heavy (non-hydrogen) atoms. The van der Waals surface area contributed by atoms with Crippen LogP contribution < -0.4 is 0 Å².